The summed E-state index contributed by atoms with van der Waals surface area (Å²) >= 11 is 0. The maximum atomic E-state index is 13.2. The number of carboxylic acids is 1. The molecule has 3 N–H and O–H groups in total. The molecule has 102 valence electrons. The second-order valence-electron chi connectivity index (χ2n) is 3.49. The second-order valence-corrected chi connectivity index (χ2v) is 3.49. The SMILES string of the molecule is O=C(NCC(O)C(=O)O)c1ccc([N+](=O)[O-])c(F)c1. The van der Waals surface area contributed by atoms with Crippen molar-refractivity contribution in [3.05, 3.63) is 39.7 Å². The molecule has 0 saturated carbocycles. The first-order chi connectivity index (χ1) is 8.82. The monoisotopic (exact) mass is 272 g/mol. The van der Waals surface area contributed by atoms with Gasteiger partial charge in [-0.25, -0.2) is 4.79 Å². The number of nitro groups is 1. The number of carboxylic acid groups (broad SMARTS) is 1. The van der Waals surface area contributed by atoms with Gasteiger partial charge in [-0.15, -0.1) is 0 Å². The van der Waals surface area contributed by atoms with Crippen LogP contribution in [0.5, 0.6) is 0 Å². The van der Waals surface area contributed by atoms with Crippen molar-refractivity contribution in [3.63, 3.8) is 0 Å². The minimum Gasteiger partial charge on any atom is -0.479 e. The topological polar surface area (TPSA) is 130 Å². The number of aliphatic hydroxyl groups excluding tert-OH is 1. The van der Waals surface area contributed by atoms with E-state index in [1.807, 2.05) is 5.32 Å². The fourth-order valence-electron chi connectivity index (χ4n) is 1.17. The number of nitro benzene ring substituents is 1. The van der Waals surface area contributed by atoms with E-state index in [9.17, 15) is 24.1 Å². The number of aliphatic hydroxyl groups is 1. The van der Waals surface area contributed by atoms with E-state index in [1.54, 1.807) is 0 Å². The molecule has 9 heteroatoms. The van der Waals surface area contributed by atoms with Crippen LogP contribution < -0.4 is 5.32 Å². The Labute approximate surface area is 105 Å². The zero-order valence-corrected chi connectivity index (χ0v) is 9.37. The Balaban J connectivity index is 2.76. The average Bonchev–Trinajstić information content (AvgIpc) is 2.34. The fraction of sp³-hybridized carbons (Fsp3) is 0.200. The molecule has 1 aromatic rings. The van der Waals surface area contributed by atoms with Crippen LogP contribution in [-0.2, 0) is 4.79 Å². The highest BCUT2D eigenvalue weighted by Crippen LogP contribution is 2.17. The lowest BCUT2D eigenvalue weighted by Crippen LogP contribution is -2.36. The van der Waals surface area contributed by atoms with Crippen LogP contribution in [0.4, 0.5) is 10.1 Å². The maximum Gasteiger partial charge on any atom is 0.334 e. The number of rotatable bonds is 5. The number of amides is 1. The molecule has 1 unspecified atom stereocenters. The van der Waals surface area contributed by atoms with Gasteiger partial charge in [-0.2, -0.15) is 4.39 Å². The molecule has 0 aliphatic carbocycles. The van der Waals surface area contributed by atoms with Crippen molar-refractivity contribution in [3.8, 4) is 0 Å². The standard InChI is InChI=1S/C10H9FN2O6/c11-6-3-5(1-2-7(6)13(18)19)9(15)12-4-8(14)10(16)17/h1-3,8,14H,4H2,(H,12,15)(H,16,17). The van der Waals surface area contributed by atoms with Crippen molar-refractivity contribution in [2.24, 2.45) is 0 Å². The molecule has 1 atom stereocenters. The van der Waals surface area contributed by atoms with Crippen molar-refractivity contribution in [1.82, 2.24) is 5.32 Å². The summed E-state index contributed by atoms with van der Waals surface area (Å²) in [6.45, 7) is -0.563. The zero-order valence-electron chi connectivity index (χ0n) is 9.37. The summed E-state index contributed by atoms with van der Waals surface area (Å²) in [4.78, 5) is 31.2. The average molecular weight is 272 g/mol. The van der Waals surface area contributed by atoms with Crippen LogP contribution in [0.3, 0.4) is 0 Å². The van der Waals surface area contributed by atoms with Gasteiger partial charge in [-0.3, -0.25) is 14.9 Å². The number of halogens is 1. The Morgan fingerprint density at radius 2 is 2.11 bits per heavy atom. The van der Waals surface area contributed by atoms with Crippen LogP contribution in [-0.4, -0.2) is 39.7 Å². The smallest absolute Gasteiger partial charge is 0.334 e. The molecule has 0 fully saturated rings. The number of hydrogen-bond acceptors (Lipinski definition) is 5. The van der Waals surface area contributed by atoms with E-state index in [2.05, 4.69) is 0 Å². The number of benzene rings is 1. The largest absolute Gasteiger partial charge is 0.479 e. The van der Waals surface area contributed by atoms with Crippen molar-refractivity contribution in [1.29, 1.82) is 0 Å². The van der Waals surface area contributed by atoms with E-state index in [0.717, 1.165) is 12.1 Å². The van der Waals surface area contributed by atoms with E-state index in [0.29, 0.717) is 6.07 Å². The molecule has 0 saturated heterocycles. The molecule has 0 heterocycles. The van der Waals surface area contributed by atoms with Crippen molar-refractivity contribution in [2.45, 2.75) is 6.10 Å². The van der Waals surface area contributed by atoms with E-state index >= 15 is 0 Å². The molecule has 0 aliphatic heterocycles. The lowest BCUT2D eigenvalue weighted by Gasteiger charge is -2.07. The second kappa shape index (κ2) is 5.87. The molecule has 0 spiro atoms. The molecule has 1 aromatic carbocycles. The summed E-state index contributed by atoms with van der Waals surface area (Å²) in [7, 11) is 0. The van der Waals surface area contributed by atoms with Crippen molar-refractivity contribution >= 4 is 17.6 Å². The highest BCUT2D eigenvalue weighted by molar-refractivity contribution is 5.94. The van der Waals surface area contributed by atoms with Gasteiger partial charge in [-0.05, 0) is 12.1 Å². The minimum atomic E-state index is -1.79. The molecule has 1 amide bonds. The molecular formula is C10H9FN2O6. The first-order valence-corrected chi connectivity index (χ1v) is 4.96. The number of nitrogens with zero attached hydrogens (tertiary/aromatic N) is 1. The summed E-state index contributed by atoms with van der Waals surface area (Å²) < 4.78 is 13.2. The van der Waals surface area contributed by atoms with Crippen LogP contribution in [0.2, 0.25) is 0 Å². The van der Waals surface area contributed by atoms with Gasteiger partial charge in [0.2, 0.25) is 5.82 Å². The highest BCUT2D eigenvalue weighted by atomic mass is 19.1. The van der Waals surface area contributed by atoms with E-state index in [-0.39, 0.29) is 5.56 Å². The van der Waals surface area contributed by atoms with Gasteiger partial charge < -0.3 is 15.5 Å². The van der Waals surface area contributed by atoms with Gasteiger partial charge in [0.25, 0.3) is 5.91 Å². The zero-order chi connectivity index (χ0) is 14.6. The van der Waals surface area contributed by atoms with Crippen LogP contribution in [0.25, 0.3) is 0 Å². The Bertz CT molecular complexity index is 533. The number of carbonyl (C=O) groups is 2. The maximum absolute atomic E-state index is 13.2. The van der Waals surface area contributed by atoms with E-state index in [4.69, 9.17) is 10.2 Å². The van der Waals surface area contributed by atoms with Gasteiger partial charge in [0, 0.05) is 11.6 Å². The van der Waals surface area contributed by atoms with Crippen LogP contribution in [0, 0.1) is 15.9 Å². The highest BCUT2D eigenvalue weighted by Gasteiger charge is 2.18. The quantitative estimate of drug-likeness (QED) is 0.507. The lowest BCUT2D eigenvalue weighted by atomic mass is 10.2. The van der Waals surface area contributed by atoms with Crippen LogP contribution >= 0.6 is 0 Å². The number of carbonyl (C=O) groups excluding carboxylic acids is 1. The molecular weight excluding hydrogens is 263 g/mol. The fourth-order valence-corrected chi connectivity index (χ4v) is 1.17. The minimum absolute atomic E-state index is 0.222. The third kappa shape index (κ3) is 3.71. The van der Waals surface area contributed by atoms with Crippen LogP contribution in [0.15, 0.2) is 18.2 Å². The third-order valence-electron chi connectivity index (χ3n) is 2.15. The first-order valence-electron chi connectivity index (χ1n) is 4.96. The van der Waals surface area contributed by atoms with E-state index in [1.165, 1.54) is 0 Å². The Hall–Kier alpha value is -2.55. The Morgan fingerprint density at radius 1 is 1.47 bits per heavy atom. The van der Waals surface area contributed by atoms with E-state index < -0.39 is 41.0 Å². The summed E-state index contributed by atoms with van der Waals surface area (Å²) in [6, 6.07) is 2.49. The number of aliphatic carboxylic acids is 1. The molecule has 19 heavy (non-hydrogen) atoms. The molecule has 8 nitrogen and oxygen atoms in total. The molecule has 0 bridgehead atoms. The van der Waals surface area contributed by atoms with Crippen LogP contribution in [0.1, 0.15) is 10.4 Å². The van der Waals surface area contributed by atoms with Gasteiger partial charge in [0.15, 0.2) is 6.10 Å². The lowest BCUT2D eigenvalue weighted by molar-refractivity contribution is -0.387. The predicted molar refractivity (Wildman–Crippen MR) is 59.0 cm³/mol. The molecule has 0 aromatic heterocycles. The third-order valence-corrected chi connectivity index (χ3v) is 2.15. The molecule has 0 aliphatic rings. The first kappa shape index (κ1) is 14.5. The summed E-state index contributed by atoms with van der Waals surface area (Å²) in [5.74, 6) is -3.55. The van der Waals surface area contributed by atoms with Gasteiger partial charge in [0.05, 0.1) is 11.5 Å². The van der Waals surface area contributed by atoms with Gasteiger partial charge in [-0.1, -0.05) is 0 Å². The normalized spacial score (nSPS) is 11.7. The molecule has 1 rings (SSSR count). The summed E-state index contributed by atoms with van der Waals surface area (Å²) in [6.07, 6.45) is -1.79. The number of hydrogen-bond donors (Lipinski definition) is 3. The summed E-state index contributed by atoms with van der Waals surface area (Å²) in [5.41, 5.74) is -0.997. The van der Waals surface area contributed by atoms with Gasteiger partial charge >= 0.3 is 11.7 Å². The Morgan fingerprint density at radius 3 is 2.58 bits per heavy atom. The van der Waals surface area contributed by atoms with Crippen molar-refractivity contribution < 1.29 is 29.1 Å². The predicted octanol–water partition coefficient (Wildman–Crippen LogP) is -0.0908. The Kier molecular flexibility index (Phi) is 4.48. The van der Waals surface area contributed by atoms with Crippen molar-refractivity contribution in [2.75, 3.05) is 6.54 Å². The molecule has 0 radical (unpaired) electrons. The van der Waals surface area contributed by atoms with Gasteiger partial charge in [0.1, 0.15) is 0 Å². The number of nitrogens with one attached hydrogen (secondary N) is 1. The summed E-state index contributed by atoms with van der Waals surface area (Å²) in [5, 5.41) is 29.7.